The molecule has 15 nitrogen and oxygen atoms in total. The lowest BCUT2D eigenvalue weighted by Gasteiger charge is -2.27. The number of nitrogens with zero attached hydrogens (tertiary/aromatic N) is 2. The maximum Gasteiger partial charge on any atom is 0.310 e. The first-order valence-corrected chi connectivity index (χ1v) is 20.3. The monoisotopic (exact) mass is 806 g/mol. The van der Waals surface area contributed by atoms with Crippen molar-refractivity contribution in [1.82, 2.24) is 19.9 Å². The summed E-state index contributed by atoms with van der Waals surface area (Å²) in [4.78, 5) is 68.1. The van der Waals surface area contributed by atoms with Gasteiger partial charge in [-0.15, -0.1) is 0 Å². The van der Waals surface area contributed by atoms with Gasteiger partial charge in [0.1, 0.15) is 0 Å². The molecule has 3 aromatic heterocycles. The second kappa shape index (κ2) is 17.4. The highest BCUT2D eigenvalue weighted by Crippen LogP contribution is 2.45. The second-order valence-corrected chi connectivity index (χ2v) is 16.3. The van der Waals surface area contributed by atoms with Crippen molar-refractivity contribution < 1.29 is 50.7 Å². The predicted octanol–water partition coefficient (Wildman–Crippen LogP) is 5.34. The highest BCUT2D eigenvalue weighted by molar-refractivity contribution is 7.85. The minimum atomic E-state index is -3.72. The van der Waals surface area contributed by atoms with Gasteiger partial charge in [-0.25, -0.2) is 4.98 Å². The van der Waals surface area contributed by atoms with Crippen LogP contribution >= 0.6 is 0 Å². The first-order chi connectivity index (χ1) is 26.9. The van der Waals surface area contributed by atoms with Gasteiger partial charge in [0.05, 0.1) is 65.5 Å². The summed E-state index contributed by atoms with van der Waals surface area (Å²) in [6.45, 7) is 7.90. The molecule has 2 aliphatic rings. The average Bonchev–Trinajstić information content (AvgIpc) is 3.81. The van der Waals surface area contributed by atoms with E-state index in [1.54, 1.807) is 0 Å². The molecule has 1 unspecified atom stereocenters. The third-order valence-corrected chi connectivity index (χ3v) is 11.4. The van der Waals surface area contributed by atoms with Crippen LogP contribution in [-0.2, 0) is 83.5 Å². The van der Waals surface area contributed by atoms with E-state index in [9.17, 15) is 27.6 Å². The average molecular weight is 807 g/mol. The van der Waals surface area contributed by atoms with Crippen molar-refractivity contribution in [2.24, 2.45) is 0 Å². The lowest BCUT2D eigenvalue weighted by Crippen LogP contribution is -2.24. The molecule has 0 radical (unpaired) electrons. The van der Waals surface area contributed by atoms with Gasteiger partial charge < -0.3 is 28.9 Å². The lowest BCUT2D eigenvalue weighted by molar-refractivity contribution is -0.141. The number of hydrogen-bond donors (Lipinski definition) is 2. The molecule has 1 atom stereocenters. The molecule has 16 heteroatoms. The molecule has 5 rings (SSSR count). The molecule has 5 heterocycles. The SMILES string of the molecule is COC(=O)CCc1c(CC(=O)OC)c2cc3nc(cc4nc(cc5[nH]c(cc1[nH]2)c(CCC(=O)OC)c5CC(=O)OC)C(CCOS(C)(=O)=O)C4(C)C)C(C)=C3C. The van der Waals surface area contributed by atoms with Gasteiger partial charge in [0.15, 0.2) is 0 Å². The minimum Gasteiger partial charge on any atom is -0.469 e. The summed E-state index contributed by atoms with van der Waals surface area (Å²) >= 11 is 0. The molecule has 0 amide bonds. The number of H-pyrrole nitrogens is 2. The molecule has 0 saturated heterocycles. The number of carbonyl (C=O) groups is 4. The Hall–Kier alpha value is -5.35. The van der Waals surface area contributed by atoms with Crippen molar-refractivity contribution in [3.63, 3.8) is 0 Å². The molecule has 0 saturated carbocycles. The highest BCUT2D eigenvalue weighted by atomic mass is 32.2. The summed E-state index contributed by atoms with van der Waals surface area (Å²) in [6, 6.07) is 7.46. The third-order valence-electron chi connectivity index (χ3n) is 10.8. The molecule has 0 spiro atoms. The first-order valence-electron chi connectivity index (χ1n) is 18.5. The molecule has 0 fully saturated rings. The van der Waals surface area contributed by atoms with E-state index in [4.69, 9.17) is 33.1 Å². The Morgan fingerprint density at radius 1 is 0.667 bits per heavy atom. The molecule has 0 aromatic carbocycles. The zero-order valence-corrected chi connectivity index (χ0v) is 34.7. The number of methoxy groups -OCH3 is 4. The highest BCUT2D eigenvalue weighted by Gasteiger charge is 2.40. The number of aryl methyl sites for hydroxylation is 2. The van der Waals surface area contributed by atoms with Crippen LogP contribution in [0.5, 0.6) is 0 Å². The van der Waals surface area contributed by atoms with Crippen molar-refractivity contribution in [2.75, 3.05) is 41.3 Å². The van der Waals surface area contributed by atoms with Crippen molar-refractivity contribution in [1.29, 1.82) is 0 Å². The van der Waals surface area contributed by atoms with Crippen LogP contribution in [0.1, 0.15) is 97.9 Å². The van der Waals surface area contributed by atoms with Crippen molar-refractivity contribution in [2.45, 2.75) is 84.0 Å². The van der Waals surface area contributed by atoms with Gasteiger partial charge in [-0.2, -0.15) is 8.42 Å². The first kappa shape index (κ1) is 42.8. The fourth-order valence-electron chi connectivity index (χ4n) is 7.41. The molecule has 0 aliphatic carbocycles. The van der Waals surface area contributed by atoms with E-state index in [1.807, 2.05) is 52.0 Å². The Kier molecular flexibility index (Phi) is 13.1. The molecule has 3 aromatic rings. The number of carbonyl (C=O) groups excluding carboxylic acids is 4. The standard InChI is InChI=1S/C41H50N4O11S/c1-22-23(2)30-21-36-41(3,4)28(14-15-56-57(9,50)51)35(45-36)20-34-27(17-40(49)55-8)25(11-13-38(47)53-6)32(44-34)19-31-24(10-12-37(46)52-5)26(16-39(48)54-7)33(43-31)18-29(22)42-30/h18-21,28,43-44H,10-17H2,1-9H3. The number of hydrogen-bond acceptors (Lipinski definition) is 13. The summed E-state index contributed by atoms with van der Waals surface area (Å²) in [6.07, 6.45) is 1.42. The summed E-state index contributed by atoms with van der Waals surface area (Å²) in [5, 5.41) is 0. The normalized spacial score (nSPS) is 15.0. The smallest absolute Gasteiger partial charge is 0.310 e. The van der Waals surface area contributed by atoms with E-state index >= 15 is 0 Å². The van der Waals surface area contributed by atoms with E-state index in [1.165, 1.54) is 28.4 Å². The van der Waals surface area contributed by atoms with Gasteiger partial charge in [0, 0.05) is 57.6 Å². The number of nitrogens with one attached hydrogen (secondary N) is 2. The van der Waals surface area contributed by atoms with Crippen LogP contribution in [0.15, 0.2) is 24.3 Å². The topological polar surface area (TPSA) is 206 Å². The summed E-state index contributed by atoms with van der Waals surface area (Å²) in [5.41, 5.74) is 8.51. The summed E-state index contributed by atoms with van der Waals surface area (Å²) in [7, 11) is 1.49. The molecule has 2 aliphatic heterocycles. The lowest BCUT2D eigenvalue weighted by atomic mass is 9.75. The second-order valence-electron chi connectivity index (χ2n) is 14.7. The predicted molar refractivity (Wildman–Crippen MR) is 212 cm³/mol. The van der Waals surface area contributed by atoms with Crippen LogP contribution in [0.25, 0.3) is 33.2 Å². The van der Waals surface area contributed by atoms with Crippen LogP contribution in [0.4, 0.5) is 0 Å². The molecule has 8 bridgehead atoms. The number of esters is 4. The van der Waals surface area contributed by atoms with E-state index in [0.29, 0.717) is 73.5 Å². The summed E-state index contributed by atoms with van der Waals surface area (Å²) in [5.74, 6) is -2.24. The third kappa shape index (κ3) is 9.62. The number of ether oxygens (including phenoxy) is 4. The minimum absolute atomic E-state index is 0.00886. The fraction of sp³-hybridized carbons (Fsp3) is 0.463. The van der Waals surface area contributed by atoms with Crippen LogP contribution in [0.2, 0.25) is 0 Å². The number of fused-ring (bicyclic) bond motifs is 8. The Bertz CT molecular complexity index is 2410. The van der Waals surface area contributed by atoms with Crippen LogP contribution < -0.4 is 0 Å². The largest absolute Gasteiger partial charge is 0.469 e. The van der Waals surface area contributed by atoms with Crippen LogP contribution in [0.3, 0.4) is 0 Å². The zero-order chi connectivity index (χ0) is 41.8. The number of aromatic nitrogens is 4. The fourth-order valence-corrected chi connectivity index (χ4v) is 7.81. The van der Waals surface area contributed by atoms with E-state index in [-0.39, 0.29) is 51.0 Å². The van der Waals surface area contributed by atoms with Crippen molar-refractivity contribution in [3.05, 3.63) is 69.3 Å². The molecular formula is C41H50N4O11S. The summed E-state index contributed by atoms with van der Waals surface area (Å²) < 4.78 is 49.3. The van der Waals surface area contributed by atoms with Crippen LogP contribution in [-0.4, -0.2) is 93.5 Å². The molecule has 57 heavy (non-hydrogen) atoms. The quantitative estimate of drug-likeness (QED) is 0.120. The van der Waals surface area contributed by atoms with E-state index < -0.39 is 39.4 Å². The Balaban J connectivity index is 1.98. The van der Waals surface area contributed by atoms with Gasteiger partial charge in [-0.05, 0) is 90.8 Å². The molecular weight excluding hydrogens is 757 g/mol. The Labute approximate surface area is 331 Å². The Morgan fingerprint density at radius 2 is 1.12 bits per heavy atom. The molecule has 2 N–H and O–H groups in total. The van der Waals surface area contributed by atoms with E-state index in [0.717, 1.165) is 17.4 Å². The van der Waals surface area contributed by atoms with Crippen molar-refractivity contribution >= 4 is 67.2 Å². The van der Waals surface area contributed by atoms with Crippen LogP contribution in [0, 0.1) is 0 Å². The van der Waals surface area contributed by atoms with E-state index in [2.05, 4.69) is 9.97 Å². The molecule has 306 valence electrons. The Morgan fingerprint density at radius 3 is 1.60 bits per heavy atom. The number of aromatic amines is 2. The van der Waals surface area contributed by atoms with Gasteiger partial charge in [-0.3, -0.25) is 28.3 Å². The zero-order valence-electron chi connectivity index (χ0n) is 33.8. The maximum absolute atomic E-state index is 13.0. The van der Waals surface area contributed by atoms with Gasteiger partial charge in [0.2, 0.25) is 0 Å². The van der Waals surface area contributed by atoms with Gasteiger partial charge in [0.25, 0.3) is 10.1 Å². The number of allylic oxidation sites excluding steroid dienone is 2. The maximum atomic E-state index is 13.0. The number of rotatable bonds is 14. The van der Waals surface area contributed by atoms with Gasteiger partial charge >= 0.3 is 23.9 Å². The van der Waals surface area contributed by atoms with Crippen molar-refractivity contribution in [3.8, 4) is 0 Å². The van der Waals surface area contributed by atoms with Gasteiger partial charge in [-0.1, -0.05) is 13.8 Å².